The van der Waals surface area contributed by atoms with Gasteiger partial charge in [-0.3, -0.25) is 19.3 Å². The zero-order valence-corrected chi connectivity index (χ0v) is 23.3. The Hall–Kier alpha value is -2.27. The number of benzene rings is 3. The highest BCUT2D eigenvalue weighted by atomic mass is 79.9. The zero-order chi connectivity index (χ0) is 25.1. The number of thioether (sulfide) groups is 1. The first-order chi connectivity index (χ1) is 16.7. The largest absolute Gasteiger partial charge is 0.486 e. The quantitative estimate of drug-likeness (QED) is 0.190. The topological polar surface area (TPSA) is 63.7 Å². The van der Waals surface area contributed by atoms with Gasteiger partial charge in [-0.05, 0) is 85.6 Å². The Balaban J connectivity index is 1.48. The molecule has 10 heteroatoms. The molecule has 0 N–H and O–H groups in total. The monoisotopic (exact) mass is 681 g/mol. The second kappa shape index (κ2) is 11.2. The van der Waals surface area contributed by atoms with Gasteiger partial charge in [0.15, 0.2) is 5.78 Å². The smallest absolute Gasteiger partial charge is 0.293 e. The van der Waals surface area contributed by atoms with Crippen LogP contribution in [0.3, 0.4) is 0 Å². The molecule has 3 aromatic carbocycles. The second-order valence-electron chi connectivity index (χ2n) is 7.39. The van der Waals surface area contributed by atoms with Gasteiger partial charge in [0.1, 0.15) is 18.2 Å². The molecule has 1 fully saturated rings. The van der Waals surface area contributed by atoms with Crippen LogP contribution in [0.4, 0.5) is 9.18 Å². The number of ether oxygens (including phenoxy) is 1. The molecule has 0 aromatic heterocycles. The van der Waals surface area contributed by atoms with Crippen LogP contribution >= 0.6 is 59.6 Å². The van der Waals surface area contributed by atoms with Crippen LogP contribution in [0, 0.1) is 5.82 Å². The lowest BCUT2D eigenvalue weighted by Gasteiger charge is -2.12. The van der Waals surface area contributed by atoms with Crippen LogP contribution in [0.25, 0.3) is 6.08 Å². The number of amides is 2. The van der Waals surface area contributed by atoms with Gasteiger partial charge in [-0.25, -0.2) is 4.39 Å². The van der Waals surface area contributed by atoms with Gasteiger partial charge in [-0.1, -0.05) is 46.3 Å². The highest BCUT2D eigenvalue weighted by molar-refractivity contribution is 9.11. The Kier molecular flexibility index (Phi) is 8.26. The van der Waals surface area contributed by atoms with E-state index in [9.17, 15) is 18.8 Å². The van der Waals surface area contributed by atoms with E-state index in [1.807, 2.05) is 0 Å². The minimum absolute atomic E-state index is 0.0362. The highest BCUT2D eigenvalue weighted by Crippen LogP contribution is 2.38. The fourth-order valence-electron chi connectivity index (χ4n) is 3.22. The average molecular weight is 684 g/mol. The van der Waals surface area contributed by atoms with Gasteiger partial charge < -0.3 is 4.74 Å². The van der Waals surface area contributed by atoms with E-state index in [1.54, 1.807) is 60.7 Å². The first kappa shape index (κ1) is 25.8. The predicted molar refractivity (Wildman–Crippen MR) is 144 cm³/mol. The van der Waals surface area contributed by atoms with Gasteiger partial charge in [0.2, 0.25) is 0 Å². The Morgan fingerprint density at radius 3 is 2.31 bits per heavy atom. The van der Waals surface area contributed by atoms with E-state index < -0.39 is 11.1 Å². The third kappa shape index (κ3) is 6.11. The number of hydrogen-bond donors (Lipinski definition) is 0. The van der Waals surface area contributed by atoms with Crippen molar-refractivity contribution in [3.8, 4) is 5.75 Å². The maximum atomic E-state index is 13.9. The van der Waals surface area contributed by atoms with Crippen LogP contribution in [-0.2, 0) is 11.4 Å². The number of ketones is 1. The number of imide groups is 1. The van der Waals surface area contributed by atoms with Crippen molar-refractivity contribution in [3.05, 3.63) is 101 Å². The molecule has 5 nitrogen and oxygen atoms in total. The third-order valence-electron chi connectivity index (χ3n) is 4.99. The van der Waals surface area contributed by atoms with Crippen molar-refractivity contribution in [1.82, 2.24) is 4.90 Å². The van der Waals surface area contributed by atoms with E-state index in [4.69, 9.17) is 4.74 Å². The summed E-state index contributed by atoms with van der Waals surface area (Å²) in [6.45, 7) is -0.297. The van der Waals surface area contributed by atoms with Crippen molar-refractivity contribution in [2.24, 2.45) is 0 Å². The van der Waals surface area contributed by atoms with E-state index >= 15 is 0 Å². The van der Waals surface area contributed by atoms with Gasteiger partial charge in [-0.2, -0.15) is 0 Å². The number of halogens is 4. The van der Waals surface area contributed by atoms with E-state index in [-0.39, 0.29) is 29.7 Å². The molecule has 1 heterocycles. The number of Topliss-reactive ketones (excluding diaryl/α,β-unsaturated/α-hetero) is 1. The minimum atomic E-state index is -0.530. The average Bonchev–Trinajstić information content (AvgIpc) is 3.07. The van der Waals surface area contributed by atoms with Crippen molar-refractivity contribution < 1.29 is 23.5 Å². The standard InChI is InChI=1S/C25H15Br3FNO4S/c26-17-7-5-15(6-8-17)21(31)12-30-24(32)22(35-25(30)33)11-14-9-18(27)23(19(28)10-14)34-13-16-3-1-2-4-20(16)29/h1-11H,12-13H2/b22-11+. The Bertz CT molecular complexity index is 1340. The van der Waals surface area contributed by atoms with Crippen molar-refractivity contribution in [2.45, 2.75) is 6.61 Å². The molecular formula is C25H15Br3FNO4S. The fourth-order valence-corrected chi connectivity index (χ4v) is 5.78. The molecule has 0 atom stereocenters. The van der Waals surface area contributed by atoms with E-state index in [0.29, 0.717) is 31.4 Å². The summed E-state index contributed by atoms with van der Waals surface area (Å²) < 4.78 is 21.6. The molecular weight excluding hydrogens is 669 g/mol. The lowest BCUT2D eigenvalue weighted by Crippen LogP contribution is -2.33. The van der Waals surface area contributed by atoms with Gasteiger partial charge in [0, 0.05) is 15.6 Å². The van der Waals surface area contributed by atoms with E-state index in [0.717, 1.165) is 21.1 Å². The summed E-state index contributed by atoms with van der Waals surface area (Å²) in [6, 6.07) is 16.5. The van der Waals surface area contributed by atoms with Crippen molar-refractivity contribution >= 4 is 82.6 Å². The Morgan fingerprint density at radius 1 is 1.00 bits per heavy atom. The summed E-state index contributed by atoms with van der Waals surface area (Å²) >= 11 is 11.0. The maximum Gasteiger partial charge on any atom is 0.293 e. The fraction of sp³-hybridized carbons (Fsp3) is 0.0800. The van der Waals surface area contributed by atoms with Crippen LogP contribution in [-0.4, -0.2) is 28.4 Å². The molecule has 1 aliphatic heterocycles. The molecule has 0 radical (unpaired) electrons. The third-order valence-corrected chi connectivity index (χ3v) is 7.60. The Morgan fingerprint density at radius 2 is 1.66 bits per heavy atom. The molecule has 1 aliphatic rings. The van der Waals surface area contributed by atoms with Crippen molar-refractivity contribution in [1.29, 1.82) is 0 Å². The molecule has 0 spiro atoms. The number of nitrogens with zero attached hydrogens (tertiary/aromatic N) is 1. The summed E-state index contributed by atoms with van der Waals surface area (Å²) in [5.74, 6) is -0.746. The van der Waals surface area contributed by atoms with Crippen LogP contribution in [0.15, 0.2) is 79.0 Å². The van der Waals surface area contributed by atoms with Gasteiger partial charge >= 0.3 is 0 Å². The van der Waals surface area contributed by atoms with Crippen LogP contribution < -0.4 is 4.74 Å². The van der Waals surface area contributed by atoms with Gasteiger partial charge in [0.05, 0.1) is 20.4 Å². The van der Waals surface area contributed by atoms with E-state index in [1.165, 1.54) is 6.07 Å². The molecule has 178 valence electrons. The number of hydrogen-bond acceptors (Lipinski definition) is 5. The molecule has 0 unspecified atom stereocenters. The predicted octanol–water partition coefficient (Wildman–Crippen LogP) is 7.61. The molecule has 2 amide bonds. The maximum absolute atomic E-state index is 13.9. The van der Waals surface area contributed by atoms with Crippen molar-refractivity contribution in [3.63, 3.8) is 0 Å². The first-order valence-corrected chi connectivity index (χ1v) is 13.3. The minimum Gasteiger partial charge on any atom is -0.486 e. The molecule has 0 saturated carbocycles. The van der Waals surface area contributed by atoms with Crippen LogP contribution in [0.5, 0.6) is 5.75 Å². The number of carbonyl (C=O) groups excluding carboxylic acids is 3. The summed E-state index contributed by atoms with van der Waals surface area (Å²) in [5.41, 5.74) is 1.46. The zero-order valence-electron chi connectivity index (χ0n) is 17.8. The van der Waals surface area contributed by atoms with Gasteiger partial charge in [-0.15, -0.1) is 0 Å². The SMILES string of the molecule is O=C(CN1C(=O)S/C(=C/c2cc(Br)c(OCc3ccccc3F)c(Br)c2)C1=O)c1ccc(Br)cc1. The Labute approximate surface area is 230 Å². The summed E-state index contributed by atoms with van der Waals surface area (Å²) in [7, 11) is 0. The van der Waals surface area contributed by atoms with Crippen LogP contribution in [0.1, 0.15) is 21.5 Å². The normalized spacial score (nSPS) is 14.6. The summed E-state index contributed by atoms with van der Waals surface area (Å²) in [5, 5.41) is -0.505. The van der Waals surface area contributed by atoms with Gasteiger partial charge in [0.25, 0.3) is 11.1 Å². The van der Waals surface area contributed by atoms with E-state index in [2.05, 4.69) is 47.8 Å². The van der Waals surface area contributed by atoms with Crippen molar-refractivity contribution in [2.75, 3.05) is 6.54 Å². The molecule has 0 bridgehead atoms. The summed E-state index contributed by atoms with van der Waals surface area (Å²) in [4.78, 5) is 39.0. The van der Waals surface area contributed by atoms with Crippen LogP contribution in [0.2, 0.25) is 0 Å². The molecule has 3 aromatic rings. The molecule has 1 saturated heterocycles. The highest BCUT2D eigenvalue weighted by Gasteiger charge is 2.36. The lowest BCUT2D eigenvalue weighted by molar-refractivity contribution is -0.122. The molecule has 0 aliphatic carbocycles. The summed E-state index contributed by atoms with van der Waals surface area (Å²) in [6.07, 6.45) is 1.57. The molecule has 4 rings (SSSR count). The first-order valence-electron chi connectivity index (χ1n) is 10.1. The lowest BCUT2D eigenvalue weighted by atomic mass is 10.1. The second-order valence-corrected chi connectivity index (χ2v) is 11.0. The number of rotatable bonds is 7. The molecule has 35 heavy (non-hydrogen) atoms. The number of carbonyl (C=O) groups is 3.